The molecule has 23 heavy (non-hydrogen) atoms. The van der Waals surface area contributed by atoms with Crippen molar-refractivity contribution in [1.82, 2.24) is 4.90 Å². The van der Waals surface area contributed by atoms with Gasteiger partial charge in [0, 0.05) is 13.1 Å². The molecular weight excluding hydrogens is 294 g/mol. The number of nitrogens with zero attached hydrogens (tertiary/aromatic N) is 1. The van der Waals surface area contributed by atoms with Gasteiger partial charge in [-0.3, -0.25) is 9.59 Å². The van der Waals surface area contributed by atoms with E-state index in [1.807, 2.05) is 12.1 Å². The Balaban J connectivity index is 2.05. The van der Waals surface area contributed by atoms with Gasteiger partial charge in [0.1, 0.15) is 5.75 Å². The molecule has 1 heterocycles. The van der Waals surface area contributed by atoms with Crippen molar-refractivity contribution in [3.05, 3.63) is 29.8 Å². The Morgan fingerprint density at radius 3 is 2.83 bits per heavy atom. The quantitative estimate of drug-likeness (QED) is 0.784. The molecule has 1 aromatic carbocycles. The van der Waals surface area contributed by atoms with Crippen LogP contribution in [0.3, 0.4) is 0 Å². The molecule has 1 atom stereocenters. The summed E-state index contributed by atoms with van der Waals surface area (Å²) in [5.41, 5.74) is 0.523. The molecular formula is C18H25NO4. The maximum atomic E-state index is 12.7. The zero-order chi connectivity index (χ0) is 16.7. The summed E-state index contributed by atoms with van der Waals surface area (Å²) in [5.74, 6) is -0.843. The first-order valence-corrected chi connectivity index (χ1v) is 8.37. The van der Waals surface area contributed by atoms with Crippen LogP contribution in [0.4, 0.5) is 0 Å². The predicted octanol–water partition coefficient (Wildman–Crippen LogP) is 3.19. The van der Waals surface area contributed by atoms with E-state index in [9.17, 15) is 9.59 Å². The fourth-order valence-corrected chi connectivity index (χ4v) is 2.84. The van der Waals surface area contributed by atoms with E-state index in [4.69, 9.17) is 9.84 Å². The van der Waals surface area contributed by atoms with E-state index < -0.39 is 11.9 Å². The SMILES string of the molecule is CCCCCOc1ccccc1C(=O)N1CCCC(C(=O)O)C1. The molecule has 5 heteroatoms. The molecule has 0 radical (unpaired) electrons. The topological polar surface area (TPSA) is 66.8 Å². The average molecular weight is 319 g/mol. The van der Waals surface area contributed by atoms with Crippen molar-refractivity contribution in [2.45, 2.75) is 39.0 Å². The van der Waals surface area contributed by atoms with Gasteiger partial charge in [-0.25, -0.2) is 0 Å². The highest BCUT2D eigenvalue weighted by Crippen LogP contribution is 2.24. The van der Waals surface area contributed by atoms with Gasteiger partial charge < -0.3 is 14.7 Å². The number of piperidine rings is 1. The molecule has 2 rings (SSSR count). The summed E-state index contributed by atoms with van der Waals surface area (Å²) in [4.78, 5) is 25.5. The Morgan fingerprint density at radius 2 is 2.09 bits per heavy atom. The molecule has 1 fully saturated rings. The molecule has 1 amide bonds. The van der Waals surface area contributed by atoms with Crippen LogP contribution < -0.4 is 4.74 Å². The van der Waals surface area contributed by atoms with E-state index in [1.54, 1.807) is 17.0 Å². The molecule has 0 aliphatic carbocycles. The summed E-state index contributed by atoms with van der Waals surface area (Å²) in [6.07, 6.45) is 4.54. The van der Waals surface area contributed by atoms with Crippen molar-refractivity contribution in [3.63, 3.8) is 0 Å². The van der Waals surface area contributed by atoms with E-state index in [1.165, 1.54) is 0 Å². The highest BCUT2D eigenvalue weighted by molar-refractivity contribution is 5.97. The molecule has 0 bridgehead atoms. The number of hydrogen-bond acceptors (Lipinski definition) is 3. The van der Waals surface area contributed by atoms with Crippen molar-refractivity contribution in [2.24, 2.45) is 5.92 Å². The number of unbranched alkanes of at least 4 members (excludes halogenated alkanes) is 2. The van der Waals surface area contributed by atoms with E-state index in [0.717, 1.165) is 25.7 Å². The summed E-state index contributed by atoms with van der Waals surface area (Å²) in [6.45, 7) is 3.60. The maximum absolute atomic E-state index is 12.7. The molecule has 126 valence electrons. The zero-order valence-corrected chi connectivity index (χ0v) is 13.7. The van der Waals surface area contributed by atoms with Gasteiger partial charge in [0.2, 0.25) is 0 Å². The molecule has 0 saturated carbocycles. The van der Waals surface area contributed by atoms with Gasteiger partial charge in [0.15, 0.2) is 0 Å². The number of hydrogen-bond donors (Lipinski definition) is 1. The van der Waals surface area contributed by atoms with Crippen LogP contribution in [0.1, 0.15) is 49.4 Å². The van der Waals surface area contributed by atoms with Gasteiger partial charge in [-0.05, 0) is 31.4 Å². The molecule has 1 saturated heterocycles. The normalized spacial score (nSPS) is 17.8. The van der Waals surface area contributed by atoms with Crippen molar-refractivity contribution in [3.8, 4) is 5.75 Å². The van der Waals surface area contributed by atoms with Gasteiger partial charge in [-0.1, -0.05) is 31.9 Å². The molecule has 0 aromatic heterocycles. The smallest absolute Gasteiger partial charge is 0.308 e. The zero-order valence-electron chi connectivity index (χ0n) is 13.7. The van der Waals surface area contributed by atoms with Crippen LogP contribution in [0.15, 0.2) is 24.3 Å². The third kappa shape index (κ3) is 4.71. The van der Waals surface area contributed by atoms with Crippen molar-refractivity contribution in [1.29, 1.82) is 0 Å². The second-order valence-corrected chi connectivity index (χ2v) is 5.98. The van der Waals surface area contributed by atoms with E-state index in [0.29, 0.717) is 30.9 Å². The van der Waals surface area contributed by atoms with Crippen LogP contribution in [0.2, 0.25) is 0 Å². The molecule has 1 N–H and O–H groups in total. The summed E-state index contributed by atoms with van der Waals surface area (Å²) >= 11 is 0. The minimum atomic E-state index is -0.827. The summed E-state index contributed by atoms with van der Waals surface area (Å²) < 4.78 is 5.76. The molecule has 1 unspecified atom stereocenters. The van der Waals surface area contributed by atoms with E-state index >= 15 is 0 Å². The number of rotatable bonds is 7. The number of aliphatic carboxylic acids is 1. The van der Waals surface area contributed by atoms with Gasteiger partial charge in [0.25, 0.3) is 5.91 Å². The number of carboxylic acid groups (broad SMARTS) is 1. The Morgan fingerprint density at radius 1 is 1.30 bits per heavy atom. The summed E-state index contributed by atoms with van der Waals surface area (Å²) in [6, 6.07) is 7.21. The molecule has 1 aliphatic heterocycles. The minimum absolute atomic E-state index is 0.137. The minimum Gasteiger partial charge on any atom is -0.493 e. The summed E-state index contributed by atoms with van der Waals surface area (Å²) in [5, 5.41) is 9.17. The maximum Gasteiger partial charge on any atom is 0.308 e. The highest BCUT2D eigenvalue weighted by Gasteiger charge is 2.29. The van der Waals surface area contributed by atoms with Gasteiger partial charge >= 0.3 is 5.97 Å². The number of carbonyl (C=O) groups excluding carboxylic acids is 1. The number of benzene rings is 1. The number of likely N-dealkylation sites (tertiary alicyclic amines) is 1. The van der Waals surface area contributed by atoms with E-state index in [2.05, 4.69) is 6.92 Å². The van der Waals surface area contributed by atoms with Gasteiger partial charge in [-0.2, -0.15) is 0 Å². The molecule has 0 spiro atoms. The first-order valence-electron chi connectivity index (χ1n) is 8.37. The fraction of sp³-hybridized carbons (Fsp3) is 0.556. The van der Waals surface area contributed by atoms with Crippen molar-refractivity contribution >= 4 is 11.9 Å². The largest absolute Gasteiger partial charge is 0.493 e. The third-order valence-corrected chi connectivity index (χ3v) is 4.18. The molecule has 1 aromatic rings. The number of amides is 1. The lowest BCUT2D eigenvalue weighted by molar-refractivity contribution is -0.143. The fourth-order valence-electron chi connectivity index (χ4n) is 2.84. The first kappa shape index (κ1) is 17.3. The predicted molar refractivity (Wildman–Crippen MR) is 87.7 cm³/mol. The number of ether oxygens (including phenoxy) is 1. The van der Waals surface area contributed by atoms with Crippen molar-refractivity contribution in [2.75, 3.05) is 19.7 Å². The Hall–Kier alpha value is -2.04. The summed E-state index contributed by atoms with van der Waals surface area (Å²) in [7, 11) is 0. The van der Waals surface area contributed by atoms with Crippen LogP contribution in [0, 0.1) is 5.92 Å². The molecule has 5 nitrogen and oxygen atoms in total. The third-order valence-electron chi connectivity index (χ3n) is 4.18. The number of para-hydroxylation sites is 1. The second-order valence-electron chi connectivity index (χ2n) is 5.98. The monoisotopic (exact) mass is 319 g/mol. The van der Waals surface area contributed by atoms with Gasteiger partial charge in [-0.15, -0.1) is 0 Å². The molecule has 1 aliphatic rings. The van der Waals surface area contributed by atoms with Crippen LogP contribution in [0.25, 0.3) is 0 Å². The van der Waals surface area contributed by atoms with Crippen molar-refractivity contribution < 1.29 is 19.4 Å². The Bertz CT molecular complexity index is 544. The lowest BCUT2D eigenvalue weighted by Crippen LogP contribution is -2.42. The van der Waals surface area contributed by atoms with Crippen LogP contribution >= 0.6 is 0 Å². The lowest BCUT2D eigenvalue weighted by atomic mass is 9.97. The van der Waals surface area contributed by atoms with Gasteiger partial charge in [0.05, 0.1) is 18.1 Å². The van der Waals surface area contributed by atoms with Crippen LogP contribution in [0.5, 0.6) is 5.75 Å². The first-order chi connectivity index (χ1) is 11.1. The average Bonchev–Trinajstić information content (AvgIpc) is 2.58. The second kappa shape index (κ2) is 8.56. The number of carbonyl (C=O) groups is 2. The standard InChI is InChI=1S/C18H25NO4/c1-2-3-6-12-23-16-10-5-4-9-15(16)17(20)19-11-7-8-14(13-19)18(21)22/h4-5,9-10,14H,2-3,6-8,11-13H2,1H3,(H,21,22). The van der Waals surface area contributed by atoms with E-state index in [-0.39, 0.29) is 12.5 Å². The highest BCUT2D eigenvalue weighted by atomic mass is 16.5. The number of carboxylic acids is 1. The Kier molecular flexibility index (Phi) is 6.44. The lowest BCUT2D eigenvalue weighted by Gasteiger charge is -2.31. The van der Waals surface area contributed by atoms with Crippen LogP contribution in [-0.2, 0) is 4.79 Å². The van der Waals surface area contributed by atoms with Crippen LogP contribution in [-0.4, -0.2) is 41.6 Å². The Labute approximate surface area is 137 Å².